The first-order chi connectivity index (χ1) is 7.36. The van der Waals surface area contributed by atoms with Gasteiger partial charge in [-0.15, -0.1) is 0 Å². The van der Waals surface area contributed by atoms with Gasteiger partial charge in [0.2, 0.25) is 11.7 Å². The fourth-order valence-corrected chi connectivity index (χ4v) is 1.71. The lowest BCUT2D eigenvalue weighted by atomic mass is 10.2. The lowest BCUT2D eigenvalue weighted by Gasteiger charge is -2.07. The average Bonchev–Trinajstić information content (AvgIpc) is 2.30. The molecule has 0 unspecified atom stereocenters. The highest BCUT2D eigenvalue weighted by atomic mass is 16.3. The SMILES string of the molecule is [O-]c1c2ccccc2n[n+]2ccccc12. The van der Waals surface area contributed by atoms with Crippen LogP contribution < -0.4 is 9.62 Å². The molecule has 0 bridgehead atoms. The predicted octanol–water partition coefficient (Wildman–Crippen LogP) is 1.05. The summed E-state index contributed by atoms with van der Waals surface area (Å²) in [5, 5.41) is 17.1. The van der Waals surface area contributed by atoms with Crippen molar-refractivity contribution in [2.24, 2.45) is 0 Å². The second kappa shape index (κ2) is 2.92. The van der Waals surface area contributed by atoms with Crippen molar-refractivity contribution in [3.63, 3.8) is 0 Å². The largest absolute Gasteiger partial charge is 0.867 e. The molecule has 0 saturated heterocycles. The van der Waals surface area contributed by atoms with E-state index in [2.05, 4.69) is 5.10 Å². The van der Waals surface area contributed by atoms with Crippen LogP contribution in [0.5, 0.6) is 5.75 Å². The molecule has 15 heavy (non-hydrogen) atoms. The van der Waals surface area contributed by atoms with E-state index in [1.54, 1.807) is 22.8 Å². The Morgan fingerprint density at radius 2 is 1.80 bits per heavy atom. The summed E-state index contributed by atoms with van der Waals surface area (Å²) in [6, 6.07) is 12.9. The minimum absolute atomic E-state index is 0.0289. The van der Waals surface area contributed by atoms with E-state index < -0.39 is 0 Å². The Morgan fingerprint density at radius 3 is 2.73 bits per heavy atom. The van der Waals surface area contributed by atoms with Gasteiger partial charge < -0.3 is 5.11 Å². The molecule has 3 rings (SSSR count). The third-order valence-electron chi connectivity index (χ3n) is 2.44. The summed E-state index contributed by atoms with van der Waals surface area (Å²) in [4.78, 5) is 0. The second-order valence-corrected chi connectivity index (χ2v) is 3.38. The molecule has 0 spiro atoms. The van der Waals surface area contributed by atoms with Crippen molar-refractivity contribution in [1.82, 2.24) is 5.10 Å². The fraction of sp³-hybridized carbons (Fsp3) is 0. The van der Waals surface area contributed by atoms with Crippen molar-refractivity contribution in [1.29, 1.82) is 0 Å². The van der Waals surface area contributed by atoms with Gasteiger partial charge in [-0.25, -0.2) is 0 Å². The first kappa shape index (κ1) is 8.17. The van der Waals surface area contributed by atoms with Gasteiger partial charge in [0.25, 0.3) is 0 Å². The summed E-state index contributed by atoms with van der Waals surface area (Å²) in [6.07, 6.45) is 1.78. The maximum atomic E-state index is 12.0. The monoisotopic (exact) mass is 196 g/mol. The summed E-state index contributed by atoms with van der Waals surface area (Å²) >= 11 is 0. The summed E-state index contributed by atoms with van der Waals surface area (Å²) in [5.41, 5.74) is 1.34. The summed E-state index contributed by atoms with van der Waals surface area (Å²) in [6.45, 7) is 0. The summed E-state index contributed by atoms with van der Waals surface area (Å²) in [7, 11) is 0. The topological polar surface area (TPSA) is 40.1 Å². The van der Waals surface area contributed by atoms with Crippen LogP contribution in [0.1, 0.15) is 0 Å². The van der Waals surface area contributed by atoms with Crippen LogP contribution in [0, 0.1) is 0 Å². The highest BCUT2D eigenvalue weighted by molar-refractivity contribution is 5.88. The number of aromatic nitrogens is 2. The average molecular weight is 196 g/mol. The van der Waals surface area contributed by atoms with E-state index in [4.69, 9.17) is 0 Å². The van der Waals surface area contributed by atoms with Crippen LogP contribution in [-0.4, -0.2) is 5.10 Å². The van der Waals surface area contributed by atoms with Crippen LogP contribution >= 0.6 is 0 Å². The van der Waals surface area contributed by atoms with E-state index >= 15 is 0 Å². The molecule has 3 aromatic rings. The molecule has 2 heterocycles. The van der Waals surface area contributed by atoms with E-state index in [1.165, 1.54) is 0 Å². The van der Waals surface area contributed by atoms with E-state index in [-0.39, 0.29) is 5.75 Å². The third-order valence-corrected chi connectivity index (χ3v) is 2.44. The molecule has 0 fully saturated rings. The molecular weight excluding hydrogens is 188 g/mol. The molecule has 1 aromatic carbocycles. The first-order valence-electron chi connectivity index (χ1n) is 4.73. The Labute approximate surface area is 86.2 Å². The maximum Gasteiger partial charge on any atom is 0.231 e. The van der Waals surface area contributed by atoms with Crippen molar-refractivity contribution in [3.05, 3.63) is 48.7 Å². The van der Waals surface area contributed by atoms with E-state index in [1.807, 2.05) is 30.3 Å². The number of hydrogen-bond acceptors (Lipinski definition) is 2. The Hall–Kier alpha value is -2.16. The fourth-order valence-electron chi connectivity index (χ4n) is 1.71. The lowest BCUT2D eigenvalue weighted by molar-refractivity contribution is -0.580. The number of rotatable bonds is 0. The number of fused-ring (bicyclic) bond motifs is 2. The molecule has 2 aromatic heterocycles. The predicted molar refractivity (Wildman–Crippen MR) is 54.3 cm³/mol. The van der Waals surface area contributed by atoms with Gasteiger partial charge in [-0.2, -0.15) is 0 Å². The van der Waals surface area contributed by atoms with Crippen LogP contribution in [0.4, 0.5) is 0 Å². The highest BCUT2D eigenvalue weighted by Gasteiger charge is 2.07. The zero-order valence-corrected chi connectivity index (χ0v) is 7.92. The smallest absolute Gasteiger partial charge is 0.231 e. The highest BCUT2D eigenvalue weighted by Crippen LogP contribution is 2.21. The maximum absolute atomic E-state index is 12.0. The number of benzene rings is 1. The van der Waals surface area contributed by atoms with E-state index in [0.29, 0.717) is 10.9 Å². The Balaban J connectivity index is 2.60. The molecule has 72 valence electrons. The van der Waals surface area contributed by atoms with Gasteiger partial charge in [0.15, 0.2) is 0 Å². The Kier molecular flexibility index (Phi) is 1.59. The van der Waals surface area contributed by atoms with Gasteiger partial charge >= 0.3 is 0 Å². The Morgan fingerprint density at radius 1 is 1.00 bits per heavy atom. The van der Waals surface area contributed by atoms with Gasteiger partial charge in [-0.3, -0.25) is 0 Å². The van der Waals surface area contributed by atoms with Crippen molar-refractivity contribution in [3.8, 4) is 5.75 Å². The quantitative estimate of drug-likeness (QED) is 0.398. The second-order valence-electron chi connectivity index (χ2n) is 3.38. The van der Waals surface area contributed by atoms with Gasteiger partial charge in [0, 0.05) is 22.6 Å². The standard InChI is InChI=1S/C12H8N2O/c15-12-9-5-1-2-6-10(9)13-14-8-4-3-7-11(12)14/h1-8H. The molecule has 0 aliphatic heterocycles. The van der Waals surface area contributed by atoms with Crippen molar-refractivity contribution < 1.29 is 9.62 Å². The lowest BCUT2D eigenvalue weighted by Crippen LogP contribution is -2.27. The van der Waals surface area contributed by atoms with Crippen LogP contribution in [-0.2, 0) is 0 Å². The van der Waals surface area contributed by atoms with E-state index in [0.717, 1.165) is 5.52 Å². The molecule has 0 amide bonds. The molecular formula is C12H8N2O. The Bertz CT molecular complexity index is 595. The summed E-state index contributed by atoms with van der Waals surface area (Å²) in [5.74, 6) is 0.0289. The molecule has 0 aliphatic rings. The van der Waals surface area contributed by atoms with Crippen molar-refractivity contribution in [2.45, 2.75) is 0 Å². The number of nitrogens with zero attached hydrogens (tertiary/aromatic N) is 2. The normalized spacial score (nSPS) is 10.9. The van der Waals surface area contributed by atoms with Gasteiger partial charge in [-0.1, -0.05) is 22.7 Å². The zero-order chi connectivity index (χ0) is 10.3. The molecule has 3 nitrogen and oxygen atoms in total. The van der Waals surface area contributed by atoms with Crippen molar-refractivity contribution in [2.75, 3.05) is 0 Å². The van der Waals surface area contributed by atoms with Crippen LogP contribution in [0.3, 0.4) is 0 Å². The molecule has 0 aliphatic carbocycles. The van der Waals surface area contributed by atoms with Crippen LogP contribution in [0.15, 0.2) is 48.7 Å². The minimum Gasteiger partial charge on any atom is -0.867 e. The molecule has 0 N–H and O–H groups in total. The first-order valence-corrected chi connectivity index (χ1v) is 4.73. The third kappa shape index (κ3) is 1.13. The van der Waals surface area contributed by atoms with E-state index in [9.17, 15) is 5.11 Å². The summed E-state index contributed by atoms with van der Waals surface area (Å²) < 4.78 is 1.62. The minimum atomic E-state index is 0.0289. The van der Waals surface area contributed by atoms with Crippen LogP contribution in [0.25, 0.3) is 16.4 Å². The molecule has 0 atom stereocenters. The molecule has 3 heteroatoms. The van der Waals surface area contributed by atoms with Gasteiger partial charge in [-0.05, 0) is 17.9 Å². The van der Waals surface area contributed by atoms with Crippen molar-refractivity contribution >= 4 is 16.4 Å². The van der Waals surface area contributed by atoms with Gasteiger partial charge in [0.1, 0.15) is 5.52 Å². The van der Waals surface area contributed by atoms with Gasteiger partial charge in [0.05, 0.1) is 0 Å². The zero-order valence-electron chi connectivity index (χ0n) is 7.92. The molecule has 0 radical (unpaired) electrons. The van der Waals surface area contributed by atoms with Crippen LogP contribution in [0.2, 0.25) is 0 Å². The number of pyridine rings is 1. The number of hydrogen-bond donors (Lipinski definition) is 0. The molecule has 0 saturated carbocycles.